The average Bonchev–Trinajstić information content (AvgIpc) is 2.44. The molecule has 0 heterocycles. The van der Waals surface area contributed by atoms with E-state index >= 15 is 0 Å². The van der Waals surface area contributed by atoms with Crippen LogP contribution in [-0.2, 0) is 0 Å². The Bertz CT molecular complexity index is 423. The van der Waals surface area contributed by atoms with Gasteiger partial charge in [0.1, 0.15) is 0 Å². The molecule has 1 aromatic carbocycles. The molecule has 0 saturated heterocycles. The van der Waals surface area contributed by atoms with Gasteiger partial charge >= 0.3 is 0 Å². The summed E-state index contributed by atoms with van der Waals surface area (Å²) >= 11 is 6.06. The number of hydrogen-bond acceptors (Lipinski definition) is 3. The van der Waals surface area contributed by atoms with Crippen molar-refractivity contribution < 1.29 is 14.3 Å². The number of nitrogens with one attached hydrogen (secondary N) is 1. The predicted octanol–water partition coefficient (Wildman–Crippen LogP) is 2.84. The lowest BCUT2D eigenvalue weighted by Gasteiger charge is -2.12. The number of alkyl halides is 1. The molecule has 4 nitrogen and oxygen atoms in total. The van der Waals surface area contributed by atoms with Gasteiger partial charge in [0.15, 0.2) is 11.5 Å². The van der Waals surface area contributed by atoms with Gasteiger partial charge in [-0.25, -0.2) is 0 Å². The first-order chi connectivity index (χ1) is 9.12. The molecule has 1 unspecified atom stereocenters. The third-order valence-electron chi connectivity index (χ3n) is 2.73. The van der Waals surface area contributed by atoms with E-state index in [1.807, 2.05) is 0 Å². The lowest BCUT2D eigenvalue weighted by atomic mass is 10.2. The van der Waals surface area contributed by atoms with Gasteiger partial charge in [0.05, 0.1) is 19.6 Å². The molecule has 1 rings (SSSR count). The zero-order valence-electron chi connectivity index (χ0n) is 11.5. The van der Waals surface area contributed by atoms with Gasteiger partial charge in [-0.3, -0.25) is 4.79 Å². The van der Waals surface area contributed by atoms with E-state index in [1.165, 1.54) is 7.11 Å². The Labute approximate surface area is 119 Å². The zero-order valence-corrected chi connectivity index (χ0v) is 12.3. The summed E-state index contributed by atoms with van der Waals surface area (Å²) in [6.45, 7) is 2.52. The molecule has 5 heteroatoms. The average molecular weight is 286 g/mol. The van der Waals surface area contributed by atoms with E-state index in [4.69, 9.17) is 21.1 Å². The van der Waals surface area contributed by atoms with Crippen LogP contribution in [0.5, 0.6) is 11.5 Å². The van der Waals surface area contributed by atoms with Crippen LogP contribution in [0.3, 0.4) is 0 Å². The minimum absolute atomic E-state index is 0.0332. The van der Waals surface area contributed by atoms with E-state index in [-0.39, 0.29) is 11.3 Å². The van der Waals surface area contributed by atoms with Crippen molar-refractivity contribution in [1.29, 1.82) is 0 Å². The van der Waals surface area contributed by atoms with Gasteiger partial charge < -0.3 is 14.8 Å². The maximum absolute atomic E-state index is 12.0. The molecule has 0 aliphatic carbocycles. The summed E-state index contributed by atoms with van der Waals surface area (Å²) in [6, 6.07) is 5.05. The van der Waals surface area contributed by atoms with Crippen molar-refractivity contribution in [1.82, 2.24) is 5.32 Å². The van der Waals surface area contributed by atoms with E-state index in [0.29, 0.717) is 23.6 Å². The molecule has 1 aromatic rings. The Morgan fingerprint density at radius 1 is 1.32 bits per heavy atom. The van der Waals surface area contributed by atoms with Crippen LogP contribution in [0, 0.1) is 0 Å². The number of rotatable bonds is 7. The molecule has 0 spiro atoms. The molecular formula is C14H20ClNO3. The fraction of sp³-hybridized carbons (Fsp3) is 0.500. The van der Waals surface area contributed by atoms with E-state index in [0.717, 1.165) is 12.8 Å². The molecule has 0 bridgehead atoms. The van der Waals surface area contributed by atoms with Gasteiger partial charge in [-0.05, 0) is 24.6 Å². The summed E-state index contributed by atoms with van der Waals surface area (Å²) < 4.78 is 10.3. The molecule has 0 aromatic heterocycles. The lowest BCUT2D eigenvalue weighted by molar-refractivity contribution is 0.0953. The second-order valence-electron chi connectivity index (χ2n) is 4.17. The quantitative estimate of drug-likeness (QED) is 0.784. The smallest absolute Gasteiger partial charge is 0.251 e. The van der Waals surface area contributed by atoms with Gasteiger partial charge in [0, 0.05) is 12.1 Å². The Morgan fingerprint density at radius 2 is 2.00 bits per heavy atom. The van der Waals surface area contributed by atoms with E-state index in [1.54, 1.807) is 25.3 Å². The Kier molecular flexibility index (Phi) is 6.50. The van der Waals surface area contributed by atoms with Crippen molar-refractivity contribution in [2.24, 2.45) is 0 Å². The third-order valence-corrected chi connectivity index (χ3v) is 3.10. The maximum atomic E-state index is 12.0. The molecule has 0 radical (unpaired) electrons. The summed E-state index contributed by atoms with van der Waals surface area (Å²) in [5.41, 5.74) is 0.526. The molecule has 0 aliphatic rings. The number of carbonyl (C=O) groups is 1. The first-order valence-electron chi connectivity index (χ1n) is 6.26. The number of ether oxygens (including phenoxy) is 2. The molecule has 1 amide bonds. The fourth-order valence-corrected chi connectivity index (χ4v) is 1.99. The Hall–Kier alpha value is -1.42. The van der Waals surface area contributed by atoms with Crippen LogP contribution < -0.4 is 14.8 Å². The van der Waals surface area contributed by atoms with Crippen molar-refractivity contribution in [3.63, 3.8) is 0 Å². The first-order valence-corrected chi connectivity index (χ1v) is 6.70. The van der Waals surface area contributed by atoms with Crippen LogP contribution in [0.2, 0.25) is 0 Å². The van der Waals surface area contributed by atoms with Crippen LogP contribution in [-0.4, -0.2) is 32.0 Å². The summed E-state index contributed by atoms with van der Waals surface area (Å²) in [7, 11) is 3.09. The van der Waals surface area contributed by atoms with Crippen LogP contribution in [0.1, 0.15) is 30.1 Å². The summed E-state index contributed by atoms with van der Waals surface area (Å²) in [5.74, 6) is 0.967. The van der Waals surface area contributed by atoms with Crippen molar-refractivity contribution in [3.05, 3.63) is 23.8 Å². The molecule has 0 fully saturated rings. The molecule has 0 aliphatic heterocycles. The maximum Gasteiger partial charge on any atom is 0.251 e. The number of hydrogen-bond donors (Lipinski definition) is 1. The standard InChI is InChI=1S/C14H20ClNO3/c1-4-5-11(15)9-16-14(17)10-6-7-12(18-2)13(8-10)19-3/h6-8,11H,4-5,9H2,1-3H3,(H,16,17). The number of amides is 1. The van der Waals surface area contributed by atoms with Crippen molar-refractivity contribution in [2.45, 2.75) is 25.1 Å². The van der Waals surface area contributed by atoms with Crippen molar-refractivity contribution >= 4 is 17.5 Å². The molecular weight excluding hydrogens is 266 g/mol. The van der Waals surface area contributed by atoms with Crippen LogP contribution in [0.4, 0.5) is 0 Å². The largest absolute Gasteiger partial charge is 0.493 e. The Morgan fingerprint density at radius 3 is 2.58 bits per heavy atom. The van der Waals surface area contributed by atoms with Crippen molar-refractivity contribution in [3.8, 4) is 11.5 Å². The summed E-state index contributed by atoms with van der Waals surface area (Å²) in [6.07, 6.45) is 1.88. The minimum Gasteiger partial charge on any atom is -0.493 e. The highest BCUT2D eigenvalue weighted by molar-refractivity contribution is 6.20. The lowest BCUT2D eigenvalue weighted by Crippen LogP contribution is -2.29. The molecule has 1 N–H and O–H groups in total. The van der Waals surface area contributed by atoms with Crippen molar-refractivity contribution in [2.75, 3.05) is 20.8 Å². The molecule has 19 heavy (non-hydrogen) atoms. The van der Waals surface area contributed by atoms with Gasteiger partial charge in [-0.1, -0.05) is 13.3 Å². The Balaban J connectivity index is 2.67. The number of carbonyl (C=O) groups excluding carboxylic acids is 1. The SMILES string of the molecule is CCCC(Cl)CNC(=O)c1ccc(OC)c(OC)c1. The van der Waals surface area contributed by atoms with Gasteiger partial charge in [-0.15, -0.1) is 11.6 Å². The monoisotopic (exact) mass is 285 g/mol. The number of benzene rings is 1. The second-order valence-corrected chi connectivity index (χ2v) is 4.78. The van der Waals surface area contributed by atoms with Gasteiger partial charge in [-0.2, -0.15) is 0 Å². The number of halogens is 1. The molecule has 106 valence electrons. The summed E-state index contributed by atoms with van der Waals surface area (Å²) in [4.78, 5) is 12.0. The number of methoxy groups -OCH3 is 2. The zero-order chi connectivity index (χ0) is 14.3. The van der Waals surface area contributed by atoms with E-state index < -0.39 is 0 Å². The predicted molar refractivity (Wildman–Crippen MR) is 76.4 cm³/mol. The molecule has 0 saturated carbocycles. The summed E-state index contributed by atoms with van der Waals surface area (Å²) in [5, 5.41) is 2.77. The van der Waals surface area contributed by atoms with Gasteiger partial charge in [0.2, 0.25) is 0 Å². The highest BCUT2D eigenvalue weighted by Gasteiger charge is 2.12. The van der Waals surface area contributed by atoms with Crippen LogP contribution >= 0.6 is 11.6 Å². The highest BCUT2D eigenvalue weighted by atomic mass is 35.5. The fourth-order valence-electron chi connectivity index (χ4n) is 1.70. The van der Waals surface area contributed by atoms with Crippen LogP contribution in [0.25, 0.3) is 0 Å². The highest BCUT2D eigenvalue weighted by Crippen LogP contribution is 2.27. The minimum atomic E-state index is -0.164. The van der Waals surface area contributed by atoms with E-state index in [9.17, 15) is 4.79 Å². The third kappa shape index (κ3) is 4.63. The topological polar surface area (TPSA) is 47.6 Å². The first kappa shape index (κ1) is 15.6. The second kappa shape index (κ2) is 7.89. The van der Waals surface area contributed by atoms with E-state index in [2.05, 4.69) is 12.2 Å². The normalized spacial score (nSPS) is 11.8. The van der Waals surface area contributed by atoms with Crippen LogP contribution in [0.15, 0.2) is 18.2 Å². The van der Waals surface area contributed by atoms with Gasteiger partial charge in [0.25, 0.3) is 5.91 Å². The molecule has 1 atom stereocenters.